The number of alkyl halides is 3. The van der Waals surface area contributed by atoms with E-state index in [1.54, 1.807) is 0 Å². The molecule has 1 aromatic carbocycles. The summed E-state index contributed by atoms with van der Waals surface area (Å²) >= 11 is 0. The molecule has 0 saturated heterocycles. The molecule has 2 rings (SSSR count). The first-order valence-corrected chi connectivity index (χ1v) is 7.93. The first kappa shape index (κ1) is 17.0. The monoisotopic (exact) mass is 351 g/mol. The normalized spacial score (nSPS) is 12.3. The maximum atomic E-state index is 12.5. The van der Waals surface area contributed by atoms with Crippen molar-refractivity contribution >= 4 is 15.9 Å². The first-order valence-electron chi connectivity index (χ1n) is 6.28. The highest BCUT2D eigenvalue weighted by atomic mass is 32.2. The molecular weight excluding hydrogens is 339 g/mol. The Kier molecular flexibility index (Phi) is 4.20. The van der Waals surface area contributed by atoms with Gasteiger partial charge in [-0.15, -0.1) is 0 Å². The van der Waals surface area contributed by atoms with E-state index in [1.807, 2.05) is 4.72 Å². The van der Waals surface area contributed by atoms with Crippen LogP contribution in [0.4, 0.5) is 19.1 Å². The van der Waals surface area contributed by atoms with Crippen molar-refractivity contribution in [2.75, 3.05) is 10.5 Å². The molecule has 10 heteroatoms. The quantitative estimate of drug-likeness (QED) is 0.786. The summed E-state index contributed by atoms with van der Waals surface area (Å²) in [5.41, 5.74) is -0.865. The van der Waals surface area contributed by atoms with Crippen LogP contribution in [0.15, 0.2) is 28.7 Å². The van der Waals surface area contributed by atoms with Crippen molar-refractivity contribution < 1.29 is 36.2 Å². The molecule has 2 aromatic rings. The van der Waals surface area contributed by atoms with Crippen LogP contribution in [0.2, 0.25) is 0 Å². The van der Waals surface area contributed by atoms with Gasteiger partial charge in [-0.2, -0.15) is 13.2 Å². The van der Waals surface area contributed by atoms with Crippen LogP contribution in [0.25, 0.3) is 11.3 Å². The summed E-state index contributed by atoms with van der Waals surface area (Å²) in [6.45, 7) is 1.35. The number of benzene rings is 1. The zero-order valence-corrected chi connectivity index (χ0v) is 12.5. The number of aromatic hydroxyl groups is 2. The Morgan fingerprint density at radius 1 is 1.13 bits per heavy atom. The Hall–Kier alpha value is -2.36. The predicted octanol–water partition coefficient (Wildman–Crippen LogP) is 3.14. The van der Waals surface area contributed by atoms with Crippen molar-refractivity contribution in [2.45, 2.75) is 13.1 Å². The van der Waals surface area contributed by atoms with E-state index >= 15 is 0 Å². The van der Waals surface area contributed by atoms with E-state index < -0.39 is 39.1 Å². The van der Waals surface area contributed by atoms with Gasteiger partial charge in [-0.3, -0.25) is 0 Å². The van der Waals surface area contributed by atoms with Gasteiger partial charge < -0.3 is 14.6 Å². The molecule has 6 nitrogen and oxygen atoms in total. The van der Waals surface area contributed by atoms with Crippen molar-refractivity contribution in [1.82, 2.24) is 0 Å². The second-order valence-corrected chi connectivity index (χ2v) is 6.55. The lowest BCUT2D eigenvalue weighted by atomic mass is 10.1. The molecule has 0 bridgehead atoms. The summed E-state index contributed by atoms with van der Waals surface area (Å²) in [6, 6.07) is 3.59. The van der Waals surface area contributed by atoms with Gasteiger partial charge in [-0.05, 0) is 19.1 Å². The Bertz CT molecular complexity index is 809. The molecule has 126 valence electrons. The van der Waals surface area contributed by atoms with Crippen molar-refractivity contribution in [1.29, 1.82) is 0 Å². The largest absolute Gasteiger partial charge is 0.502 e. The molecule has 3 N–H and O–H groups in total. The molecule has 0 aliphatic heterocycles. The molecule has 1 aromatic heterocycles. The summed E-state index contributed by atoms with van der Waals surface area (Å²) in [6.07, 6.45) is -4.52. The molecule has 0 atom stereocenters. The smallest absolute Gasteiger partial charge is 0.416 e. The van der Waals surface area contributed by atoms with Crippen LogP contribution in [-0.4, -0.2) is 24.4 Å². The average molecular weight is 351 g/mol. The van der Waals surface area contributed by atoms with Gasteiger partial charge in [-0.25, -0.2) is 13.1 Å². The molecule has 1 heterocycles. The third kappa shape index (κ3) is 3.52. The van der Waals surface area contributed by atoms with Crippen LogP contribution in [0.3, 0.4) is 0 Å². The van der Waals surface area contributed by atoms with Gasteiger partial charge in [0.1, 0.15) is 0 Å². The van der Waals surface area contributed by atoms with E-state index in [-0.39, 0.29) is 17.1 Å². The molecule has 0 radical (unpaired) electrons. The predicted molar refractivity (Wildman–Crippen MR) is 75.6 cm³/mol. The maximum Gasteiger partial charge on any atom is 0.416 e. The highest BCUT2D eigenvalue weighted by Crippen LogP contribution is 2.45. The SMILES string of the molecule is CCS(=O)(=O)Nc1oc(-c2ccc(C(F)(F)F)cc2)c(O)c1O. The van der Waals surface area contributed by atoms with E-state index in [9.17, 15) is 31.8 Å². The molecule has 0 aliphatic carbocycles. The minimum Gasteiger partial charge on any atom is -0.502 e. The lowest BCUT2D eigenvalue weighted by Crippen LogP contribution is -2.14. The molecule has 0 spiro atoms. The molecule has 0 saturated carbocycles. The number of furan rings is 1. The Labute approximate surface area is 129 Å². The van der Waals surface area contributed by atoms with Gasteiger partial charge in [0.15, 0.2) is 5.76 Å². The van der Waals surface area contributed by atoms with Gasteiger partial charge in [0.05, 0.1) is 11.3 Å². The first-order chi connectivity index (χ1) is 10.5. The van der Waals surface area contributed by atoms with Gasteiger partial charge in [-0.1, -0.05) is 12.1 Å². The molecule has 0 fully saturated rings. The van der Waals surface area contributed by atoms with Gasteiger partial charge in [0.25, 0.3) is 5.88 Å². The fourth-order valence-corrected chi connectivity index (χ4v) is 2.27. The number of nitrogens with one attached hydrogen (secondary N) is 1. The average Bonchev–Trinajstić information content (AvgIpc) is 2.74. The summed E-state index contributed by atoms with van der Waals surface area (Å²) in [5.74, 6) is -2.90. The van der Waals surface area contributed by atoms with E-state index in [0.717, 1.165) is 24.3 Å². The third-order valence-corrected chi connectivity index (χ3v) is 4.22. The van der Waals surface area contributed by atoms with Crippen LogP contribution in [0.5, 0.6) is 11.5 Å². The Morgan fingerprint density at radius 2 is 1.70 bits per heavy atom. The van der Waals surface area contributed by atoms with Crippen LogP contribution < -0.4 is 4.72 Å². The maximum absolute atomic E-state index is 12.5. The molecular formula is C13H12F3NO5S. The zero-order valence-electron chi connectivity index (χ0n) is 11.7. The minimum absolute atomic E-state index is 0.0350. The summed E-state index contributed by atoms with van der Waals surface area (Å²) < 4.78 is 67.3. The summed E-state index contributed by atoms with van der Waals surface area (Å²) in [5, 5.41) is 19.4. The number of anilines is 1. The van der Waals surface area contributed by atoms with E-state index in [0.29, 0.717) is 0 Å². The fourth-order valence-electron chi connectivity index (χ4n) is 1.70. The van der Waals surface area contributed by atoms with E-state index in [4.69, 9.17) is 4.42 Å². The van der Waals surface area contributed by atoms with Gasteiger partial charge >= 0.3 is 6.18 Å². The van der Waals surface area contributed by atoms with Crippen molar-refractivity contribution in [3.05, 3.63) is 29.8 Å². The van der Waals surface area contributed by atoms with E-state index in [1.165, 1.54) is 6.92 Å². The standard InChI is InChI=1S/C13H12F3NO5S/c1-2-23(20,21)17-12-10(19)9(18)11(22-12)7-3-5-8(6-4-7)13(14,15)16/h3-6,17-19H,2H2,1H3. The van der Waals surface area contributed by atoms with Crippen LogP contribution >= 0.6 is 0 Å². The molecule has 23 heavy (non-hydrogen) atoms. The lowest BCUT2D eigenvalue weighted by Gasteiger charge is -2.06. The van der Waals surface area contributed by atoms with Crippen LogP contribution in [0.1, 0.15) is 12.5 Å². The number of hydrogen-bond donors (Lipinski definition) is 3. The summed E-state index contributed by atoms with van der Waals surface area (Å²) in [7, 11) is -3.77. The fraction of sp³-hybridized carbons (Fsp3) is 0.231. The number of sulfonamides is 1. The molecule has 0 amide bonds. The minimum atomic E-state index is -4.52. The number of halogens is 3. The second kappa shape index (κ2) is 5.69. The Balaban J connectivity index is 2.41. The highest BCUT2D eigenvalue weighted by molar-refractivity contribution is 7.92. The van der Waals surface area contributed by atoms with Gasteiger partial charge in [0, 0.05) is 5.56 Å². The zero-order chi connectivity index (χ0) is 17.4. The number of hydrogen-bond acceptors (Lipinski definition) is 5. The lowest BCUT2D eigenvalue weighted by molar-refractivity contribution is -0.137. The highest BCUT2D eigenvalue weighted by Gasteiger charge is 2.30. The van der Waals surface area contributed by atoms with Crippen molar-refractivity contribution in [3.63, 3.8) is 0 Å². The van der Waals surface area contributed by atoms with Crippen molar-refractivity contribution in [3.8, 4) is 22.8 Å². The Morgan fingerprint density at radius 3 is 2.17 bits per heavy atom. The van der Waals surface area contributed by atoms with Crippen LogP contribution in [-0.2, 0) is 16.2 Å². The summed E-state index contributed by atoms with van der Waals surface area (Å²) in [4.78, 5) is 0. The third-order valence-electron chi connectivity index (χ3n) is 2.96. The second-order valence-electron chi connectivity index (χ2n) is 4.54. The molecule has 0 aliphatic rings. The topological polar surface area (TPSA) is 99.8 Å². The van der Waals surface area contributed by atoms with Gasteiger partial charge in [0.2, 0.25) is 21.5 Å². The van der Waals surface area contributed by atoms with Crippen LogP contribution in [0, 0.1) is 0 Å². The number of rotatable bonds is 4. The van der Waals surface area contributed by atoms with Crippen molar-refractivity contribution in [2.24, 2.45) is 0 Å². The molecule has 0 unspecified atom stereocenters. The van der Waals surface area contributed by atoms with E-state index in [2.05, 4.69) is 0 Å².